The van der Waals surface area contributed by atoms with Crippen molar-refractivity contribution in [2.45, 2.75) is 69.8 Å². The van der Waals surface area contributed by atoms with Crippen LogP contribution in [0.15, 0.2) is 48.5 Å². The second-order valence-electron chi connectivity index (χ2n) is 15.2. The van der Waals surface area contributed by atoms with Crippen molar-refractivity contribution in [1.29, 1.82) is 0 Å². The van der Waals surface area contributed by atoms with Crippen LogP contribution in [0.5, 0.6) is 0 Å². The van der Waals surface area contributed by atoms with Crippen LogP contribution in [0.3, 0.4) is 0 Å². The summed E-state index contributed by atoms with van der Waals surface area (Å²) in [6.45, 7) is 3.37. The number of rotatable bonds is 9. The number of sulfonamides is 1. The summed E-state index contributed by atoms with van der Waals surface area (Å²) >= 11 is 0. The normalized spacial score (nSPS) is 20.9. The number of nitrogens with one attached hydrogen (secondary N) is 2. The quantitative estimate of drug-likeness (QED) is 0.122. The summed E-state index contributed by atoms with van der Waals surface area (Å²) in [5.74, 6) is -2.57. The van der Waals surface area contributed by atoms with Gasteiger partial charge in [0, 0.05) is 23.1 Å². The van der Waals surface area contributed by atoms with Crippen LogP contribution in [0, 0.1) is 41.7 Å². The molecule has 1 amide bonds. The van der Waals surface area contributed by atoms with Gasteiger partial charge in [-0.2, -0.15) is 27.1 Å². The Morgan fingerprint density at radius 1 is 1.09 bits per heavy atom. The van der Waals surface area contributed by atoms with Gasteiger partial charge < -0.3 is 10.4 Å². The highest BCUT2D eigenvalue weighted by molar-refractivity contribution is 7.92. The van der Waals surface area contributed by atoms with E-state index >= 15 is 8.78 Å². The van der Waals surface area contributed by atoms with E-state index in [0.717, 1.165) is 18.4 Å². The highest BCUT2D eigenvalue weighted by Crippen LogP contribution is 2.95. The molecule has 1 unspecified atom stereocenters. The highest BCUT2D eigenvalue weighted by Gasteiger charge is 2.94. The van der Waals surface area contributed by atoms with E-state index in [2.05, 4.69) is 36.9 Å². The zero-order valence-corrected chi connectivity index (χ0v) is 31.3. The summed E-state index contributed by atoms with van der Waals surface area (Å²) < 4.78 is 132. The number of halogens is 7. The molecule has 0 bridgehead atoms. The van der Waals surface area contributed by atoms with Crippen molar-refractivity contribution in [3.63, 3.8) is 0 Å². The number of pyridine rings is 2. The average molecular weight is 816 g/mol. The van der Waals surface area contributed by atoms with Crippen LogP contribution in [-0.2, 0) is 39.9 Å². The van der Waals surface area contributed by atoms with Crippen molar-refractivity contribution in [2.24, 2.45) is 11.3 Å². The zero-order chi connectivity index (χ0) is 41.2. The zero-order valence-electron chi connectivity index (χ0n) is 30.4. The lowest BCUT2D eigenvalue weighted by Gasteiger charge is -2.23. The van der Waals surface area contributed by atoms with Crippen LogP contribution in [0.2, 0.25) is 0 Å². The minimum atomic E-state index is -5.07. The Morgan fingerprint density at radius 2 is 1.79 bits per heavy atom. The Bertz CT molecular complexity index is 2690. The van der Waals surface area contributed by atoms with Crippen molar-refractivity contribution in [3.8, 4) is 23.1 Å². The molecule has 3 aliphatic carbocycles. The monoisotopic (exact) mass is 815 g/mol. The third-order valence-corrected chi connectivity index (χ3v) is 11.1. The maximum Gasteiger partial charge on any atom is 0.435 e. The number of aromatic nitrogens is 5. The fraction of sp³-hybridized carbons (Fsp3) is 0.368. The van der Waals surface area contributed by atoms with Gasteiger partial charge in [-0.3, -0.25) is 18.6 Å². The summed E-state index contributed by atoms with van der Waals surface area (Å²) in [6, 6.07) is 9.10. The molecule has 1 spiro atoms. The second kappa shape index (κ2) is 12.5. The van der Waals surface area contributed by atoms with Crippen LogP contribution in [0.4, 0.5) is 36.6 Å². The van der Waals surface area contributed by atoms with Crippen molar-refractivity contribution in [1.82, 2.24) is 29.5 Å². The summed E-state index contributed by atoms with van der Waals surface area (Å²) in [7, 11) is -3.78. The molecule has 4 heterocycles. The number of hydrogen-bond donors (Lipinski definition) is 3. The van der Waals surface area contributed by atoms with E-state index in [1.165, 1.54) is 19.9 Å². The van der Waals surface area contributed by atoms with E-state index in [9.17, 15) is 40.3 Å². The Kier molecular flexibility index (Phi) is 8.43. The standard InChI is InChI=1S/C38H32F7N7O4S/c1-18-46-34(50-57(4,55)56)27-7-5-6-26(52(18)27)23-9-8-22(10-11-35(2,3)54)47-31(23)25(14-19-12-20(39)15-21(40)13-19)48-28(53)17-51-33-29(32(49-51)38(43,44)45)30-24-16-36(24,30)37(33,41)42/h5-9,12-13,15,24-25,30,50,54H,14,16-17H2,1-4H3,(H,48,53)/t24?,25-,30+,36-/m0/s1. The maximum absolute atomic E-state index is 15.8. The number of anilines is 1. The van der Waals surface area contributed by atoms with E-state index < -0.39 is 92.1 Å². The van der Waals surface area contributed by atoms with Crippen molar-refractivity contribution < 1.29 is 49.1 Å². The number of hydrogen-bond acceptors (Lipinski definition) is 7. The minimum absolute atomic E-state index is 0.00162. The Hall–Kier alpha value is -5.48. The predicted molar refractivity (Wildman–Crippen MR) is 190 cm³/mol. The Morgan fingerprint density at radius 3 is 2.42 bits per heavy atom. The molecule has 4 atom stereocenters. The van der Waals surface area contributed by atoms with Crippen molar-refractivity contribution >= 4 is 27.3 Å². The van der Waals surface area contributed by atoms with E-state index in [1.807, 2.05) is 0 Å². The number of carbonyl (C=O) groups is 1. The molecule has 5 aromatic rings. The van der Waals surface area contributed by atoms with Gasteiger partial charge in [0.25, 0.3) is 5.92 Å². The van der Waals surface area contributed by atoms with Crippen molar-refractivity contribution in [3.05, 3.63) is 99.9 Å². The molecule has 3 aliphatic rings. The fourth-order valence-electron chi connectivity index (χ4n) is 8.14. The van der Waals surface area contributed by atoms with Gasteiger partial charge in [0.15, 0.2) is 11.5 Å². The van der Waals surface area contributed by atoms with E-state index in [4.69, 9.17) is 0 Å². The SMILES string of the molecule is Cc1nc(NS(C)(=O)=O)c2cccc(-c3ccc(C#CC(C)(C)O)nc3[C@H](Cc3cc(F)cc(F)c3)NC(=O)Cn3nc(C(F)(F)F)c4c3C(F)(F)[C@@]35CC3[C@H]45)n12. The minimum Gasteiger partial charge on any atom is -0.378 e. The molecule has 298 valence electrons. The number of aliphatic hydroxyl groups is 1. The van der Waals surface area contributed by atoms with Crippen LogP contribution in [-0.4, -0.2) is 55.4 Å². The number of carbonyl (C=O) groups excluding carboxylic acids is 1. The number of amides is 1. The smallest absolute Gasteiger partial charge is 0.378 e. The summed E-state index contributed by atoms with van der Waals surface area (Å²) in [5.41, 5.74) is -5.13. The second-order valence-corrected chi connectivity index (χ2v) is 17.0. The lowest BCUT2D eigenvalue weighted by Crippen LogP contribution is -2.35. The van der Waals surface area contributed by atoms with Gasteiger partial charge in [0.05, 0.1) is 34.6 Å². The first-order chi connectivity index (χ1) is 26.5. The predicted octanol–water partition coefficient (Wildman–Crippen LogP) is 6.00. The molecular weight excluding hydrogens is 784 g/mol. The Labute approximate surface area is 320 Å². The molecule has 1 aromatic carbocycles. The highest BCUT2D eigenvalue weighted by atomic mass is 32.2. The lowest BCUT2D eigenvalue weighted by atomic mass is 9.96. The summed E-state index contributed by atoms with van der Waals surface area (Å²) in [4.78, 5) is 23.0. The third-order valence-electron chi connectivity index (χ3n) is 10.5. The molecule has 0 saturated heterocycles. The van der Waals surface area contributed by atoms with Crippen molar-refractivity contribution in [2.75, 3.05) is 11.0 Å². The molecule has 3 N–H and O–H groups in total. The molecule has 11 nitrogen and oxygen atoms in total. The molecule has 2 fully saturated rings. The average Bonchev–Trinajstić information content (AvgIpc) is 3.87. The van der Waals surface area contributed by atoms with Gasteiger partial charge >= 0.3 is 6.18 Å². The number of alkyl halides is 5. The molecule has 19 heteroatoms. The van der Waals surface area contributed by atoms with E-state index in [1.54, 1.807) is 35.6 Å². The summed E-state index contributed by atoms with van der Waals surface area (Å²) in [6.07, 6.45) is -4.44. The lowest BCUT2D eigenvalue weighted by molar-refractivity contribution is -0.142. The van der Waals surface area contributed by atoms with Gasteiger partial charge in [-0.25, -0.2) is 27.2 Å². The molecule has 4 aromatic heterocycles. The number of benzene rings is 1. The number of aryl methyl sites for hydroxylation is 1. The first kappa shape index (κ1) is 38.4. The van der Waals surface area contributed by atoms with Crippen LogP contribution in [0.1, 0.15) is 72.0 Å². The van der Waals surface area contributed by atoms with Gasteiger partial charge in [-0.05, 0) is 87.4 Å². The van der Waals surface area contributed by atoms with Gasteiger partial charge in [0.2, 0.25) is 15.9 Å². The van der Waals surface area contributed by atoms with E-state index in [0.29, 0.717) is 27.8 Å². The van der Waals surface area contributed by atoms with Crippen LogP contribution in [0.25, 0.3) is 16.8 Å². The molecule has 0 radical (unpaired) electrons. The first-order valence-corrected chi connectivity index (χ1v) is 19.4. The molecule has 57 heavy (non-hydrogen) atoms. The van der Waals surface area contributed by atoms with E-state index in [-0.39, 0.29) is 41.2 Å². The van der Waals surface area contributed by atoms with Gasteiger partial charge in [0.1, 0.15) is 41.0 Å². The topological polar surface area (TPSA) is 144 Å². The first-order valence-electron chi connectivity index (χ1n) is 17.5. The van der Waals surface area contributed by atoms with Gasteiger partial charge in [-0.1, -0.05) is 12.0 Å². The maximum atomic E-state index is 15.8. The molecular formula is C38H32F7N7O4S. The number of imidazole rings is 1. The fourth-order valence-corrected chi connectivity index (χ4v) is 8.64. The van der Waals surface area contributed by atoms with Crippen LogP contribution >= 0.6 is 0 Å². The third kappa shape index (κ3) is 6.57. The number of fused-ring (bicyclic) bond motifs is 4. The summed E-state index contributed by atoms with van der Waals surface area (Å²) in [5, 5.41) is 16.4. The molecule has 0 aliphatic heterocycles. The molecule has 8 rings (SSSR count). The molecule has 2 saturated carbocycles. The van der Waals surface area contributed by atoms with Gasteiger partial charge in [-0.15, -0.1) is 0 Å². The number of nitrogens with zero attached hydrogens (tertiary/aromatic N) is 5. The Balaban J connectivity index is 1.26. The van der Waals surface area contributed by atoms with Crippen LogP contribution < -0.4 is 10.0 Å². The largest absolute Gasteiger partial charge is 0.435 e.